The molecule has 0 spiro atoms. The largest absolute Gasteiger partial charge is 0.493 e. The Kier molecular flexibility index (Phi) is 7.18. The van der Waals surface area contributed by atoms with Crippen molar-refractivity contribution >= 4 is 17.7 Å². The molecule has 1 aliphatic heterocycles. The highest BCUT2D eigenvalue weighted by Gasteiger charge is 2.39. The van der Waals surface area contributed by atoms with E-state index < -0.39 is 12.0 Å². The van der Waals surface area contributed by atoms with E-state index in [2.05, 4.69) is 0 Å². The van der Waals surface area contributed by atoms with Gasteiger partial charge in [0.1, 0.15) is 6.04 Å². The van der Waals surface area contributed by atoms with Gasteiger partial charge in [0.15, 0.2) is 17.3 Å². The fourth-order valence-electron chi connectivity index (χ4n) is 3.03. The number of carboxylic acid groups (broad SMARTS) is 1. The van der Waals surface area contributed by atoms with E-state index in [1.54, 1.807) is 18.2 Å². The summed E-state index contributed by atoms with van der Waals surface area (Å²) in [5.41, 5.74) is 0.524. The number of carboxylic acids is 1. The minimum absolute atomic E-state index is 0.0709. The first kappa shape index (κ1) is 20.7. The number of rotatable bonds is 9. The van der Waals surface area contributed by atoms with Crippen molar-refractivity contribution in [3.63, 3.8) is 0 Å². The topological polar surface area (TPSA) is 102 Å². The van der Waals surface area contributed by atoms with Crippen molar-refractivity contribution in [3.8, 4) is 11.5 Å². The predicted molar refractivity (Wildman–Crippen MR) is 96.3 cm³/mol. The lowest BCUT2D eigenvalue weighted by atomic mass is 10.1. The zero-order chi connectivity index (χ0) is 20.0. The number of likely N-dealkylation sites (tertiary alicyclic amines) is 1. The Morgan fingerprint density at radius 1 is 1.22 bits per heavy atom. The Morgan fingerprint density at radius 3 is 2.56 bits per heavy atom. The van der Waals surface area contributed by atoms with Crippen molar-refractivity contribution in [1.82, 2.24) is 4.90 Å². The van der Waals surface area contributed by atoms with Crippen LogP contribution in [0.25, 0.3) is 0 Å². The van der Waals surface area contributed by atoms with Gasteiger partial charge >= 0.3 is 5.97 Å². The molecule has 1 aromatic carbocycles. The molecule has 2 atom stereocenters. The molecule has 0 bridgehead atoms. The molecule has 1 aliphatic rings. The zero-order valence-electron chi connectivity index (χ0n) is 15.8. The lowest BCUT2D eigenvalue weighted by Crippen LogP contribution is -2.40. The summed E-state index contributed by atoms with van der Waals surface area (Å²) in [4.78, 5) is 36.5. The summed E-state index contributed by atoms with van der Waals surface area (Å²) in [6, 6.07) is 4.07. The van der Waals surface area contributed by atoms with Crippen molar-refractivity contribution in [1.29, 1.82) is 0 Å². The van der Waals surface area contributed by atoms with Crippen molar-refractivity contribution in [2.24, 2.45) is 0 Å². The van der Waals surface area contributed by atoms with Crippen LogP contribution in [-0.4, -0.2) is 67.2 Å². The highest BCUT2D eigenvalue weighted by atomic mass is 16.5. The second-order valence-electron chi connectivity index (χ2n) is 6.37. The van der Waals surface area contributed by atoms with Crippen LogP contribution in [0.15, 0.2) is 18.2 Å². The summed E-state index contributed by atoms with van der Waals surface area (Å²) in [6.45, 7) is 2.02. The SMILES string of the molecule is COc1cc(C(C)=O)ccc1OCCCC(=O)N1CC(OC)CC1C(=O)O. The average molecular weight is 379 g/mol. The molecule has 0 aromatic heterocycles. The number of Topliss-reactive ketones (excluding diaryl/α,β-unsaturated/α-hetero) is 1. The molecule has 0 radical (unpaired) electrons. The third-order valence-corrected chi connectivity index (χ3v) is 4.56. The molecule has 1 amide bonds. The quantitative estimate of drug-likeness (QED) is 0.515. The first-order valence-electron chi connectivity index (χ1n) is 8.74. The van der Waals surface area contributed by atoms with Crippen LogP contribution in [-0.2, 0) is 14.3 Å². The van der Waals surface area contributed by atoms with E-state index in [1.165, 1.54) is 26.0 Å². The smallest absolute Gasteiger partial charge is 0.326 e. The van der Waals surface area contributed by atoms with Gasteiger partial charge in [-0.3, -0.25) is 9.59 Å². The Bertz CT molecular complexity index is 703. The summed E-state index contributed by atoms with van der Waals surface area (Å²) < 4.78 is 16.1. The fourth-order valence-corrected chi connectivity index (χ4v) is 3.03. The van der Waals surface area contributed by atoms with Crippen LogP contribution in [0.3, 0.4) is 0 Å². The highest BCUT2D eigenvalue weighted by Crippen LogP contribution is 2.28. The van der Waals surface area contributed by atoms with Gasteiger partial charge in [-0.25, -0.2) is 4.79 Å². The number of amides is 1. The average Bonchev–Trinajstić information content (AvgIpc) is 3.10. The maximum absolute atomic E-state index is 12.4. The van der Waals surface area contributed by atoms with Crippen molar-refractivity contribution in [2.45, 2.75) is 38.3 Å². The Balaban J connectivity index is 1.87. The number of hydrogen-bond acceptors (Lipinski definition) is 6. The molecule has 1 heterocycles. The number of carbonyl (C=O) groups is 3. The first-order chi connectivity index (χ1) is 12.9. The Labute approximate surface area is 158 Å². The molecule has 8 nitrogen and oxygen atoms in total. The van der Waals surface area contributed by atoms with Gasteiger partial charge in [-0.05, 0) is 31.5 Å². The lowest BCUT2D eigenvalue weighted by Gasteiger charge is -2.21. The molecule has 27 heavy (non-hydrogen) atoms. The third kappa shape index (κ3) is 5.19. The maximum Gasteiger partial charge on any atom is 0.326 e. The Hall–Kier alpha value is -2.61. The normalized spacial score (nSPS) is 19.0. The van der Waals surface area contributed by atoms with E-state index in [-0.39, 0.29) is 37.4 Å². The van der Waals surface area contributed by atoms with Crippen LogP contribution in [0.2, 0.25) is 0 Å². The van der Waals surface area contributed by atoms with Gasteiger partial charge in [-0.15, -0.1) is 0 Å². The molecule has 2 rings (SSSR count). The highest BCUT2D eigenvalue weighted by molar-refractivity contribution is 5.94. The molecular formula is C19H25NO7. The number of benzene rings is 1. The summed E-state index contributed by atoms with van der Waals surface area (Å²) >= 11 is 0. The third-order valence-electron chi connectivity index (χ3n) is 4.56. The number of ketones is 1. The lowest BCUT2D eigenvalue weighted by molar-refractivity contribution is -0.148. The maximum atomic E-state index is 12.4. The van der Waals surface area contributed by atoms with E-state index in [4.69, 9.17) is 14.2 Å². The Morgan fingerprint density at radius 2 is 1.96 bits per heavy atom. The van der Waals surface area contributed by atoms with Crippen LogP contribution in [0.4, 0.5) is 0 Å². The number of ether oxygens (including phenoxy) is 3. The molecule has 0 aliphatic carbocycles. The van der Waals surface area contributed by atoms with Gasteiger partial charge in [0.05, 0.1) is 19.8 Å². The van der Waals surface area contributed by atoms with E-state index in [0.717, 1.165) is 0 Å². The number of methoxy groups -OCH3 is 2. The van der Waals surface area contributed by atoms with Crippen LogP contribution in [0.1, 0.15) is 36.5 Å². The summed E-state index contributed by atoms with van der Waals surface area (Å²) in [7, 11) is 3.00. The van der Waals surface area contributed by atoms with E-state index in [9.17, 15) is 19.5 Å². The van der Waals surface area contributed by atoms with Crippen molar-refractivity contribution < 1.29 is 33.7 Å². The van der Waals surface area contributed by atoms with Gasteiger partial charge in [0.25, 0.3) is 0 Å². The van der Waals surface area contributed by atoms with E-state index in [1.807, 2.05) is 0 Å². The number of nitrogens with zero attached hydrogens (tertiary/aromatic N) is 1. The molecule has 1 saturated heterocycles. The standard InChI is InChI=1S/C19H25NO7/c1-12(21)13-6-7-16(17(9-13)26-3)27-8-4-5-18(22)20-11-14(25-2)10-15(20)19(23)24/h6-7,9,14-15H,4-5,8,10-11H2,1-3H3,(H,23,24). The van der Waals surface area contributed by atoms with Gasteiger partial charge in [0, 0.05) is 32.1 Å². The number of hydrogen-bond donors (Lipinski definition) is 1. The minimum Gasteiger partial charge on any atom is -0.493 e. The van der Waals surface area contributed by atoms with Gasteiger partial charge in [-0.1, -0.05) is 0 Å². The molecule has 2 unspecified atom stereocenters. The van der Waals surface area contributed by atoms with Crippen LogP contribution >= 0.6 is 0 Å². The van der Waals surface area contributed by atoms with Gasteiger partial charge in [-0.2, -0.15) is 0 Å². The van der Waals surface area contributed by atoms with Crippen LogP contribution in [0.5, 0.6) is 11.5 Å². The molecule has 1 aromatic rings. The van der Waals surface area contributed by atoms with Gasteiger partial charge < -0.3 is 24.2 Å². The molecule has 1 N–H and O–H groups in total. The second-order valence-corrected chi connectivity index (χ2v) is 6.37. The number of carbonyl (C=O) groups excluding carboxylic acids is 2. The van der Waals surface area contributed by atoms with Gasteiger partial charge in [0.2, 0.25) is 5.91 Å². The minimum atomic E-state index is -1.02. The second kappa shape index (κ2) is 9.36. The molecule has 0 saturated carbocycles. The van der Waals surface area contributed by atoms with E-state index >= 15 is 0 Å². The summed E-state index contributed by atoms with van der Waals surface area (Å²) in [6.07, 6.45) is 0.647. The van der Waals surface area contributed by atoms with E-state index in [0.29, 0.717) is 29.9 Å². The summed E-state index contributed by atoms with van der Waals surface area (Å²) in [5.74, 6) is -0.390. The van der Waals surface area contributed by atoms with Crippen molar-refractivity contribution in [2.75, 3.05) is 27.4 Å². The van der Waals surface area contributed by atoms with Crippen LogP contribution in [0, 0.1) is 0 Å². The van der Waals surface area contributed by atoms with Crippen LogP contribution < -0.4 is 9.47 Å². The predicted octanol–water partition coefficient (Wildman–Crippen LogP) is 1.76. The zero-order valence-corrected chi connectivity index (χ0v) is 15.8. The fraction of sp³-hybridized carbons (Fsp3) is 0.526. The monoisotopic (exact) mass is 379 g/mol. The first-order valence-corrected chi connectivity index (χ1v) is 8.74. The molecule has 8 heteroatoms. The number of aliphatic carboxylic acids is 1. The molecule has 148 valence electrons. The molecule has 1 fully saturated rings. The van der Waals surface area contributed by atoms with Crippen molar-refractivity contribution in [3.05, 3.63) is 23.8 Å². The molecular weight excluding hydrogens is 354 g/mol. The summed E-state index contributed by atoms with van der Waals surface area (Å²) in [5, 5.41) is 9.27.